The van der Waals surface area contributed by atoms with E-state index >= 15 is 0 Å². The van der Waals surface area contributed by atoms with Crippen molar-refractivity contribution < 1.29 is 19.1 Å². The van der Waals surface area contributed by atoms with Crippen LogP contribution >= 0.6 is 0 Å². The van der Waals surface area contributed by atoms with Gasteiger partial charge in [0.25, 0.3) is 5.91 Å². The van der Waals surface area contributed by atoms with Gasteiger partial charge in [-0.1, -0.05) is 12.1 Å². The van der Waals surface area contributed by atoms with Crippen molar-refractivity contribution in [3.05, 3.63) is 59.7 Å². The minimum Gasteiger partial charge on any atom is -0.494 e. The second kappa shape index (κ2) is 11.1. The molecule has 2 aromatic carbocycles. The zero-order valence-corrected chi connectivity index (χ0v) is 27.1. The zero-order chi connectivity index (χ0) is 32.6. The van der Waals surface area contributed by atoms with E-state index in [9.17, 15) is 9.59 Å². The number of methoxy groups -OCH3 is 2. The second-order valence-electron chi connectivity index (χ2n) is 13.3. The second-order valence-corrected chi connectivity index (χ2v) is 13.3. The molecule has 3 atom stereocenters. The third-order valence-electron chi connectivity index (χ3n) is 10.5. The summed E-state index contributed by atoms with van der Waals surface area (Å²) in [6.45, 7) is 3.51. The number of likely N-dealkylation sites (tertiary alicyclic amines) is 1. The number of rotatable bonds is 7. The van der Waals surface area contributed by atoms with Gasteiger partial charge in [0.2, 0.25) is 0 Å². The summed E-state index contributed by atoms with van der Waals surface area (Å²) in [5.74, 6) is 2.34. The minimum absolute atomic E-state index is 0.0132. The maximum absolute atomic E-state index is 13.8. The molecule has 4 heterocycles. The van der Waals surface area contributed by atoms with E-state index in [1.54, 1.807) is 7.11 Å². The number of benzene rings is 2. The van der Waals surface area contributed by atoms with Crippen LogP contribution in [0.4, 0.5) is 10.5 Å². The molecule has 2 aliphatic carbocycles. The fourth-order valence-corrected chi connectivity index (χ4v) is 7.68. The molecule has 1 saturated heterocycles. The number of nitrogens with zero attached hydrogens (tertiary/aromatic N) is 5. The van der Waals surface area contributed by atoms with Gasteiger partial charge in [-0.3, -0.25) is 10.1 Å². The fourth-order valence-electron chi connectivity index (χ4n) is 7.68. The van der Waals surface area contributed by atoms with Crippen LogP contribution < -0.4 is 15.8 Å². The standard InChI is InChI=1S/C36H39N7O4/c1-19-24(6-5-7-25(19)40-36(45)47-4)26-12-10-21-15-29(42(33(21)38-26)17-20-8-9-20)34-39-27-14-23(16-30(46-3)32(27)41(34)2)35(44)43-18-22-11-13-28(43)31(22)37/h5-7,10,12,14-16,20,22,28,31H,8-9,11,13,17-18,37H2,1-4H3,(H,40,45). The molecule has 47 heavy (non-hydrogen) atoms. The first kappa shape index (κ1) is 29.5. The summed E-state index contributed by atoms with van der Waals surface area (Å²) in [5.41, 5.74) is 13.7. The quantitative estimate of drug-likeness (QED) is 0.234. The zero-order valence-electron chi connectivity index (χ0n) is 27.1. The van der Waals surface area contributed by atoms with Crippen LogP contribution in [0.25, 0.3) is 44.8 Å². The van der Waals surface area contributed by atoms with Crippen molar-refractivity contribution >= 4 is 39.8 Å². The molecule has 3 N–H and O–H groups in total. The molecule has 242 valence electrons. The highest BCUT2D eigenvalue weighted by atomic mass is 16.5. The van der Waals surface area contributed by atoms with Gasteiger partial charge in [0.15, 0.2) is 5.82 Å². The first-order valence-corrected chi connectivity index (χ1v) is 16.3. The number of ether oxygens (including phenoxy) is 2. The van der Waals surface area contributed by atoms with Crippen LogP contribution in [0.1, 0.15) is 41.6 Å². The van der Waals surface area contributed by atoms with Gasteiger partial charge >= 0.3 is 6.09 Å². The molecule has 3 aromatic heterocycles. The summed E-state index contributed by atoms with van der Waals surface area (Å²) in [6, 6.07) is 15.9. The highest BCUT2D eigenvalue weighted by Gasteiger charge is 2.47. The van der Waals surface area contributed by atoms with Crippen molar-refractivity contribution in [2.45, 2.75) is 51.2 Å². The average molecular weight is 634 g/mol. The summed E-state index contributed by atoms with van der Waals surface area (Å²) >= 11 is 0. The van der Waals surface area contributed by atoms with Crippen LogP contribution in [0.3, 0.4) is 0 Å². The first-order valence-electron chi connectivity index (χ1n) is 16.3. The number of carbonyl (C=O) groups excluding carboxylic acids is 2. The Morgan fingerprint density at radius 1 is 1.04 bits per heavy atom. The lowest BCUT2D eigenvalue weighted by Crippen LogP contribution is -2.41. The molecule has 3 aliphatic rings. The van der Waals surface area contributed by atoms with Crippen LogP contribution in [-0.2, 0) is 18.3 Å². The van der Waals surface area contributed by atoms with Gasteiger partial charge in [-0.25, -0.2) is 14.8 Å². The predicted octanol–water partition coefficient (Wildman–Crippen LogP) is 5.72. The normalized spacial score (nSPS) is 20.4. The van der Waals surface area contributed by atoms with Gasteiger partial charge in [0.05, 0.1) is 31.1 Å². The molecule has 0 spiro atoms. The lowest BCUT2D eigenvalue weighted by atomic mass is 10.0. The molecule has 0 radical (unpaired) electrons. The largest absolute Gasteiger partial charge is 0.494 e. The molecule has 8 rings (SSSR count). The van der Waals surface area contributed by atoms with Gasteiger partial charge < -0.3 is 29.2 Å². The molecule has 11 heteroatoms. The van der Waals surface area contributed by atoms with E-state index in [-0.39, 0.29) is 18.0 Å². The summed E-state index contributed by atoms with van der Waals surface area (Å²) in [4.78, 5) is 38.0. The molecule has 3 unspecified atom stereocenters. The number of hydrogen-bond acceptors (Lipinski definition) is 7. The first-order chi connectivity index (χ1) is 22.7. The van der Waals surface area contributed by atoms with Crippen LogP contribution in [0.5, 0.6) is 5.75 Å². The highest BCUT2D eigenvalue weighted by Crippen LogP contribution is 2.40. The van der Waals surface area contributed by atoms with E-state index in [2.05, 4.69) is 26.6 Å². The van der Waals surface area contributed by atoms with Crippen molar-refractivity contribution in [3.8, 4) is 28.5 Å². The maximum atomic E-state index is 13.8. The molecular weight excluding hydrogens is 594 g/mol. The number of anilines is 1. The molecule has 3 fully saturated rings. The lowest BCUT2D eigenvalue weighted by Gasteiger charge is -2.27. The number of pyridine rings is 1. The Morgan fingerprint density at radius 2 is 1.87 bits per heavy atom. The Bertz CT molecular complexity index is 2080. The van der Waals surface area contributed by atoms with Gasteiger partial charge in [0.1, 0.15) is 16.9 Å². The molecule has 5 aromatic rings. The van der Waals surface area contributed by atoms with Crippen molar-refractivity contribution in [1.82, 2.24) is 24.0 Å². The number of fused-ring (bicyclic) bond motifs is 4. The fraction of sp³-hybridized carbons (Fsp3) is 0.389. The van der Waals surface area contributed by atoms with Crippen molar-refractivity contribution in [2.24, 2.45) is 24.6 Å². The topological polar surface area (TPSA) is 130 Å². The molecule has 1 aliphatic heterocycles. The van der Waals surface area contributed by atoms with Gasteiger partial charge in [-0.2, -0.15) is 0 Å². The number of nitrogens with one attached hydrogen (secondary N) is 1. The Hall–Kier alpha value is -4.90. The SMILES string of the molecule is COC(=O)Nc1cccc(-c2ccc3cc(-c4nc5cc(C(=O)N6CC7CCC6C7N)cc(OC)c5n4C)n(CC4CC4)c3n2)c1C. The number of amides is 2. The molecule has 2 amide bonds. The van der Waals surface area contributed by atoms with Gasteiger partial charge in [-0.15, -0.1) is 0 Å². The number of hydrogen-bond donors (Lipinski definition) is 2. The highest BCUT2D eigenvalue weighted by molar-refractivity contribution is 6.00. The number of carbonyl (C=O) groups is 2. The Balaban J connectivity index is 1.22. The number of aromatic nitrogens is 4. The minimum atomic E-state index is -0.514. The smallest absolute Gasteiger partial charge is 0.411 e. The van der Waals surface area contributed by atoms with Crippen molar-refractivity contribution in [3.63, 3.8) is 0 Å². The van der Waals surface area contributed by atoms with E-state index < -0.39 is 6.09 Å². The third-order valence-corrected chi connectivity index (χ3v) is 10.5. The van der Waals surface area contributed by atoms with E-state index in [0.717, 1.165) is 64.3 Å². The number of aryl methyl sites for hydroxylation is 1. The maximum Gasteiger partial charge on any atom is 0.411 e. The third kappa shape index (κ3) is 4.83. The predicted molar refractivity (Wildman–Crippen MR) is 180 cm³/mol. The number of piperidine rings is 1. The van der Waals surface area contributed by atoms with Gasteiger partial charge in [-0.05, 0) is 86.4 Å². The van der Waals surface area contributed by atoms with Crippen LogP contribution in [0.2, 0.25) is 0 Å². The summed E-state index contributed by atoms with van der Waals surface area (Å²) in [6.07, 6.45) is 3.90. The Kier molecular flexibility index (Phi) is 6.98. The van der Waals surface area contributed by atoms with Crippen LogP contribution in [0.15, 0.2) is 48.5 Å². The van der Waals surface area contributed by atoms with E-state index in [4.69, 9.17) is 25.2 Å². The summed E-state index contributed by atoms with van der Waals surface area (Å²) < 4.78 is 15.0. The molecular formula is C36H39N7O4. The van der Waals surface area contributed by atoms with Crippen molar-refractivity contribution in [2.75, 3.05) is 26.1 Å². The lowest BCUT2D eigenvalue weighted by molar-refractivity contribution is 0.0700. The number of nitrogens with two attached hydrogens (primary N) is 1. The monoisotopic (exact) mass is 633 g/mol. The van der Waals surface area contributed by atoms with Crippen molar-refractivity contribution in [1.29, 1.82) is 0 Å². The van der Waals surface area contributed by atoms with E-state index in [1.807, 2.05) is 55.3 Å². The van der Waals surface area contributed by atoms with Crippen LogP contribution in [0, 0.1) is 18.8 Å². The average Bonchev–Trinajstić information content (AvgIpc) is 3.48. The van der Waals surface area contributed by atoms with Gasteiger partial charge in [0, 0.05) is 54.4 Å². The summed E-state index contributed by atoms with van der Waals surface area (Å²) in [5, 5.41) is 3.81. The van der Waals surface area contributed by atoms with E-state index in [1.165, 1.54) is 20.0 Å². The summed E-state index contributed by atoms with van der Waals surface area (Å²) in [7, 11) is 4.98. The van der Waals surface area contributed by atoms with Crippen LogP contribution in [-0.4, -0.2) is 68.9 Å². The molecule has 2 bridgehead atoms. The molecule has 2 saturated carbocycles. The number of imidazole rings is 1. The van der Waals surface area contributed by atoms with E-state index in [0.29, 0.717) is 40.9 Å². The Morgan fingerprint density at radius 3 is 2.57 bits per heavy atom. The Labute approximate surface area is 272 Å². The molecule has 11 nitrogen and oxygen atoms in total.